The van der Waals surface area contributed by atoms with Gasteiger partial charge in [0, 0.05) is 5.69 Å². The van der Waals surface area contributed by atoms with Crippen molar-refractivity contribution in [3.05, 3.63) is 54.6 Å². The van der Waals surface area contributed by atoms with Gasteiger partial charge < -0.3 is 24.7 Å². The summed E-state index contributed by atoms with van der Waals surface area (Å²) in [4.78, 5) is 12.1. The summed E-state index contributed by atoms with van der Waals surface area (Å²) in [6.45, 7) is 0.708. The van der Waals surface area contributed by atoms with E-state index in [4.69, 9.17) is 24.7 Å². The highest BCUT2D eigenvalue weighted by Crippen LogP contribution is 2.28. The van der Waals surface area contributed by atoms with Gasteiger partial charge in [-0.3, -0.25) is 5.32 Å². The third kappa shape index (κ3) is 3.65. The van der Waals surface area contributed by atoms with Crippen molar-refractivity contribution in [1.29, 1.82) is 0 Å². The maximum atomic E-state index is 12.1. The second kappa shape index (κ2) is 7.33. The molecule has 4 rings (SSSR count). The zero-order valence-corrected chi connectivity index (χ0v) is 14.0. The van der Waals surface area contributed by atoms with Gasteiger partial charge in [-0.05, 0) is 36.4 Å². The van der Waals surface area contributed by atoms with Crippen LogP contribution < -0.4 is 15.8 Å². The maximum absolute atomic E-state index is 12.1. The normalized spacial score (nSPS) is 27.0. The van der Waals surface area contributed by atoms with Crippen LogP contribution in [0.15, 0.2) is 54.6 Å². The highest BCUT2D eigenvalue weighted by atomic mass is 16.6. The van der Waals surface area contributed by atoms with Crippen LogP contribution in [0.4, 0.5) is 10.5 Å². The van der Waals surface area contributed by atoms with Crippen LogP contribution in [-0.4, -0.2) is 43.7 Å². The minimum absolute atomic E-state index is 0.172. The second-order valence-electron chi connectivity index (χ2n) is 6.27. The molecule has 0 spiro atoms. The molecule has 3 N–H and O–H groups in total. The number of anilines is 1. The molecule has 2 saturated heterocycles. The van der Waals surface area contributed by atoms with Crippen molar-refractivity contribution >= 4 is 11.8 Å². The molecule has 0 saturated carbocycles. The summed E-state index contributed by atoms with van der Waals surface area (Å²) in [7, 11) is 0. The molecule has 26 heavy (non-hydrogen) atoms. The zero-order chi connectivity index (χ0) is 17.9. The van der Waals surface area contributed by atoms with E-state index in [0.717, 1.165) is 5.75 Å². The standard InChI is InChI=1S/C19H20N2O5/c20-15-10-23-18-16(11-24-17(15)18)26-19(22)21-12-6-8-14(9-7-12)25-13-4-2-1-3-5-13/h1-9,15-18H,10-11,20H2,(H,21,22). The van der Waals surface area contributed by atoms with Gasteiger partial charge in [-0.25, -0.2) is 4.79 Å². The monoisotopic (exact) mass is 356 g/mol. The fourth-order valence-electron chi connectivity index (χ4n) is 3.11. The van der Waals surface area contributed by atoms with E-state index in [1.807, 2.05) is 30.3 Å². The number of nitrogens with one attached hydrogen (secondary N) is 1. The predicted molar refractivity (Wildman–Crippen MR) is 94.3 cm³/mol. The number of rotatable bonds is 4. The number of hydrogen-bond acceptors (Lipinski definition) is 6. The fourth-order valence-corrected chi connectivity index (χ4v) is 3.11. The van der Waals surface area contributed by atoms with Crippen molar-refractivity contribution in [2.75, 3.05) is 18.5 Å². The van der Waals surface area contributed by atoms with Gasteiger partial charge >= 0.3 is 6.09 Å². The van der Waals surface area contributed by atoms with Gasteiger partial charge in [0.2, 0.25) is 0 Å². The molecule has 4 atom stereocenters. The first-order chi connectivity index (χ1) is 12.7. The van der Waals surface area contributed by atoms with Crippen LogP contribution in [0.2, 0.25) is 0 Å². The molecule has 0 aliphatic carbocycles. The van der Waals surface area contributed by atoms with E-state index in [2.05, 4.69) is 5.32 Å². The maximum Gasteiger partial charge on any atom is 0.412 e. The van der Waals surface area contributed by atoms with Crippen LogP contribution in [0.5, 0.6) is 11.5 Å². The van der Waals surface area contributed by atoms with E-state index >= 15 is 0 Å². The first-order valence-corrected chi connectivity index (χ1v) is 8.48. The molecule has 2 heterocycles. The molecule has 136 valence electrons. The smallest absolute Gasteiger partial charge is 0.412 e. The van der Waals surface area contributed by atoms with Crippen molar-refractivity contribution in [2.45, 2.75) is 24.4 Å². The first-order valence-electron chi connectivity index (χ1n) is 8.48. The summed E-state index contributed by atoms with van der Waals surface area (Å²) >= 11 is 0. The fraction of sp³-hybridized carbons (Fsp3) is 0.316. The van der Waals surface area contributed by atoms with Crippen LogP contribution in [0.1, 0.15) is 0 Å². The van der Waals surface area contributed by atoms with Crippen molar-refractivity contribution in [1.82, 2.24) is 0 Å². The number of para-hydroxylation sites is 1. The summed E-state index contributed by atoms with van der Waals surface area (Å²) in [5.41, 5.74) is 6.49. The minimum atomic E-state index is -0.556. The van der Waals surface area contributed by atoms with Gasteiger partial charge in [0.25, 0.3) is 0 Å². The lowest BCUT2D eigenvalue weighted by molar-refractivity contribution is 0.00899. The third-order valence-corrected chi connectivity index (χ3v) is 4.38. The van der Waals surface area contributed by atoms with Crippen molar-refractivity contribution in [3.8, 4) is 11.5 Å². The van der Waals surface area contributed by atoms with Crippen molar-refractivity contribution < 1.29 is 23.7 Å². The predicted octanol–water partition coefficient (Wildman–Crippen LogP) is 2.52. The van der Waals surface area contributed by atoms with Gasteiger partial charge in [0.15, 0.2) is 6.10 Å². The second-order valence-corrected chi connectivity index (χ2v) is 6.27. The Balaban J connectivity index is 1.30. The number of fused-ring (bicyclic) bond motifs is 1. The molecule has 0 radical (unpaired) electrons. The molecule has 2 aliphatic heterocycles. The Bertz CT molecular complexity index is 752. The summed E-state index contributed by atoms with van der Waals surface area (Å²) in [6, 6.07) is 16.3. The van der Waals surface area contributed by atoms with Crippen LogP contribution >= 0.6 is 0 Å². The highest BCUT2D eigenvalue weighted by molar-refractivity contribution is 5.84. The SMILES string of the molecule is NC1COC2C(OC(=O)Nc3ccc(Oc4ccccc4)cc3)COC12. The lowest BCUT2D eigenvalue weighted by atomic mass is 10.1. The van der Waals surface area contributed by atoms with Crippen LogP contribution in [0, 0.1) is 0 Å². The Labute approximate surface area is 151 Å². The van der Waals surface area contributed by atoms with Gasteiger partial charge in [0.05, 0.1) is 19.3 Å². The Morgan fingerprint density at radius 2 is 1.65 bits per heavy atom. The lowest BCUT2D eigenvalue weighted by Gasteiger charge is -2.17. The minimum Gasteiger partial charge on any atom is -0.457 e. The average Bonchev–Trinajstić information content (AvgIpc) is 3.21. The van der Waals surface area contributed by atoms with Gasteiger partial charge in [-0.2, -0.15) is 0 Å². The largest absolute Gasteiger partial charge is 0.457 e. The Morgan fingerprint density at radius 3 is 2.42 bits per heavy atom. The molecule has 2 aliphatic rings. The molecule has 4 unspecified atom stereocenters. The van der Waals surface area contributed by atoms with E-state index in [0.29, 0.717) is 24.7 Å². The third-order valence-electron chi connectivity index (χ3n) is 4.38. The highest BCUT2D eigenvalue weighted by Gasteiger charge is 2.48. The molecule has 2 fully saturated rings. The van der Waals surface area contributed by atoms with E-state index < -0.39 is 12.2 Å². The first kappa shape index (κ1) is 16.8. The quantitative estimate of drug-likeness (QED) is 0.875. The number of hydrogen-bond donors (Lipinski definition) is 2. The summed E-state index contributed by atoms with van der Waals surface area (Å²) in [5, 5.41) is 2.69. The molecule has 7 nitrogen and oxygen atoms in total. The van der Waals surface area contributed by atoms with Gasteiger partial charge in [-0.1, -0.05) is 18.2 Å². The van der Waals surface area contributed by atoms with Crippen LogP contribution in [0.25, 0.3) is 0 Å². The lowest BCUT2D eigenvalue weighted by Crippen LogP contribution is -2.38. The van der Waals surface area contributed by atoms with Crippen LogP contribution in [0.3, 0.4) is 0 Å². The number of carbonyl (C=O) groups is 1. The molecular weight excluding hydrogens is 336 g/mol. The summed E-state index contributed by atoms with van der Waals surface area (Å²) in [5.74, 6) is 1.42. The molecule has 7 heteroatoms. The number of amides is 1. The van der Waals surface area contributed by atoms with Gasteiger partial charge in [-0.15, -0.1) is 0 Å². The average molecular weight is 356 g/mol. The number of carbonyl (C=O) groups excluding carboxylic acids is 1. The molecule has 2 aromatic rings. The van der Waals surface area contributed by atoms with Crippen LogP contribution in [-0.2, 0) is 14.2 Å². The summed E-state index contributed by atoms with van der Waals surface area (Å²) in [6.07, 6.45) is -1.51. The molecular formula is C19H20N2O5. The molecule has 0 bridgehead atoms. The summed E-state index contributed by atoms with van der Waals surface area (Å²) < 4.78 is 22.2. The zero-order valence-electron chi connectivity index (χ0n) is 14.0. The van der Waals surface area contributed by atoms with Gasteiger partial charge in [0.1, 0.15) is 23.7 Å². The molecule has 2 aromatic carbocycles. The van der Waals surface area contributed by atoms with E-state index in [1.54, 1.807) is 24.3 Å². The number of benzene rings is 2. The topological polar surface area (TPSA) is 92.0 Å². The Kier molecular flexibility index (Phi) is 4.75. The van der Waals surface area contributed by atoms with E-state index in [9.17, 15) is 4.79 Å². The van der Waals surface area contributed by atoms with E-state index in [-0.39, 0.29) is 18.2 Å². The number of nitrogens with two attached hydrogens (primary N) is 1. The molecule has 1 amide bonds. The van der Waals surface area contributed by atoms with E-state index in [1.165, 1.54) is 0 Å². The Morgan fingerprint density at radius 1 is 0.962 bits per heavy atom. The molecule has 0 aromatic heterocycles. The Hall–Kier alpha value is -2.61. The van der Waals surface area contributed by atoms with Crippen molar-refractivity contribution in [3.63, 3.8) is 0 Å². The van der Waals surface area contributed by atoms with Crippen molar-refractivity contribution in [2.24, 2.45) is 5.73 Å². The number of ether oxygens (including phenoxy) is 4.